The molecule has 144 valence electrons. The molecule has 27 heavy (non-hydrogen) atoms. The van der Waals surface area contributed by atoms with Crippen molar-refractivity contribution in [3.8, 4) is 0 Å². The molecule has 0 bridgehead atoms. The average molecular weight is 372 g/mol. The van der Waals surface area contributed by atoms with E-state index in [2.05, 4.69) is 15.0 Å². The van der Waals surface area contributed by atoms with E-state index in [1.54, 1.807) is 15.6 Å². The molecule has 0 radical (unpaired) electrons. The zero-order valence-corrected chi connectivity index (χ0v) is 15.5. The van der Waals surface area contributed by atoms with Crippen LogP contribution in [0.2, 0.25) is 0 Å². The fraction of sp³-hybridized carbons (Fsp3) is 0.556. The number of likely N-dealkylation sites (tertiary alicyclic amines) is 1. The lowest BCUT2D eigenvalue weighted by molar-refractivity contribution is -0.137. The Kier molecular flexibility index (Phi) is 4.83. The van der Waals surface area contributed by atoms with Gasteiger partial charge >= 0.3 is 6.09 Å². The Bertz CT molecular complexity index is 829. The first kappa shape index (κ1) is 17.6. The molecular weight excluding hydrogens is 348 g/mol. The summed E-state index contributed by atoms with van der Waals surface area (Å²) in [5.41, 5.74) is 0.813. The highest BCUT2D eigenvalue weighted by Gasteiger charge is 2.36. The molecule has 0 unspecified atom stereocenters. The van der Waals surface area contributed by atoms with Gasteiger partial charge in [0.15, 0.2) is 5.65 Å². The van der Waals surface area contributed by atoms with E-state index in [9.17, 15) is 9.59 Å². The number of anilines is 1. The Balaban J connectivity index is 1.40. The van der Waals surface area contributed by atoms with Crippen molar-refractivity contribution in [2.45, 2.75) is 25.3 Å². The lowest BCUT2D eigenvalue weighted by atomic mass is 10.0. The van der Waals surface area contributed by atoms with Crippen LogP contribution in [0.3, 0.4) is 0 Å². The second kappa shape index (κ2) is 7.42. The van der Waals surface area contributed by atoms with Crippen molar-refractivity contribution in [2.24, 2.45) is 0 Å². The molecule has 1 atom stereocenters. The number of hydrogen-bond acceptors (Lipinski definition) is 6. The Labute approximate surface area is 157 Å². The molecule has 0 aliphatic carbocycles. The molecule has 0 N–H and O–H groups in total. The Morgan fingerprint density at radius 1 is 1.11 bits per heavy atom. The summed E-state index contributed by atoms with van der Waals surface area (Å²) in [5.74, 6) is 0.902. The predicted molar refractivity (Wildman–Crippen MR) is 98.5 cm³/mol. The molecule has 0 spiro atoms. The number of ether oxygens (including phenoxy) is 1. The quantitative estimate of drug-likeness (QED) is 0.782. The molecule has 2 aliphatic heterocycles. The van der Waals surface area contributed by atoms with Crippen LogP contribution in [0.25, 0.3) is 5.65 Å². The number of fused-ring (bicyclic) bond motifs is 1. The molecule has 9 heteroatoms. The molecule has 2 fully saturated rings. The summed E-state index contributed by atoms with van der Waals surface area (Å²) in [4.78, 5) is 34.8. The van der Waals surface area contributed by atoms with Gasteiger partial charge in [0.2, 0.25) is 5.91 Å². The summed E-state index contributed by atoms with van der Waals surface area (Å²) in [6, 6.07) is 3.49. The van der Waals surface area contributed by atoms with E-state index in [0.717, 1.165) is 24.3 Å². The van der Waals surface area contributed by atoms with Gasteiger partial charge in [-0.25, -0.2) is 14.3 Å². The standard InChI is InChI=1S/C18H24N6O3/c1-27-18(26)23-8-3-2-4-14(23)17(25)22-12-10-21(11-13-22)16-6-5-15-19-7-9-24(15)20-16/h5-7,9,14H,2-4,8,10-13H2,1H3/t14-/m1/s1. The number of piperidine rings is 1. The lowest BCUT2D eigenvalue weighted by Gasteiger charge is -2.40. The van der Waals surface area contributed by atoms with Crippen LogP contribution in [0.5, 0.6) is 0 Å². The van der Waals surface area contributed by atoms with Crippen molar-refractivity contribution in [3.63, 3.8) is 0 Å². The van der Waals surface area contributed by atoms with Gasteiger partial charge in [-0.15, -0.1) is 5.10 Å². The van der Waals surface area contributed by atoms with Gasteiger partial charge in [-0.05, 0) is 31.4 Å². The third-order valence-electron chi connectivity index (χ3n) is 5.35. The summed E-state index contributed by atoms with van der Waals surface area (Å²) in [6.45, 7) is 3.24. The Morgan fingerprint density at radius 2 is 1.93 bits per heavy atom. The largest absolute Gasteiger partial charge is 0.453 e. The van der Waals surface area contributed by atoms with Crippen molar-refractivity contribution in [1.82, 2.24) is 24.4 Å². The maximum absolute atomic E-state index is 13.0. The maximum atomic E-state index is 13.0. The summed E-state index contributed by atoms with van der Waals surface area (Å²) < 4.78 is 6.61. The van der Waals surface area contributed by atoms with Gasteiger partial charge in [-0.3, -0.25) is 9.69 Å². The minimum absolute atomic E-state index is 0.0257. The van der Waals surface area contributed by atoms with Crippen LogP contribution in [0.4, 0.5) is 10.6 Å². The highest BCUT2D eigenvalue weighted by Crippen LogP contribution is 2.21. The SMILES string of the molecule is COC(=O)N1CCCC[C@@H]1C(=O)N1CCN(c2ccc3nccn3n2)CC1. The Morgan fingerprint density at radius 3 is 2.70 bits per heavy atom. The second-order valence-electron chi connectivity index (χ2n) is 6.91. The summed E-state index contributed by atoms with van der Waals surface area (Å²) in [6.07, 6.45) is 5.70. The van der Waals surface area contributed by atoms with Crippen LogP contribution >= 0.6 is 0 Å². The van der Waals surface area contributed by atoms with Crippen molar-refractivity contribution in [3.05, 3.63) is 24.5 Å². The van der Waals surface area contributed by atoms with E-state index < -0.39 is 12.1 Å². The molecular formula is C18H24N6O3. The highest BCUT2D eigenvalue weighted by atomic mass is 16.5. The molecule has 0 aromatic carbocycles. The minimum Gasteiger partial charge on any atom is -0.453 e. The number of aromatic nitrogens is 3. The first-order valence-electron chi connectivity index (χ1n) is 9.36. The van der Waals surface area contributed by atoms with Gasteiger partial charge in [0.25, 0.3) is 0 Å². The maximum Gasteiger partial charge on any atom is 0.410 e. The smallest absolute Gasteiger partial charge is 0.410 e. The average Bonchev–Trinajstić information content (AvgIpc) is 3.20. The molecule has 2 aromatic heterocycles. The van der Waals surface area contributed by atoms with E-state index in [4.69, 9.17) is 4.74 Å². The first-order valence-corrected chi connectivity index (χ1v) is 9.36. The summed E-state index contributed by atoms with van der Waals surface area (Å²) in [5, 5.41) is 4.57. The van der Waals surface area contributed by atoms with Crippen LogP contribution in [-0.2, 0) is 9.53 Å². The molecule has 4 heterocycles. The molecule has 9 nitrogen and oxygen atoms in total. The number of carbonyl (C=O) groups excluding carboxylic acids is 2. The highest BCUT2D eigenvalue weighted by molar-refractivity contribution is 5.86. The van der Waals surface area contributed by atoms with E-state index >= 15 is 0 Å². The lowest BCUT2D eigenvalue weighted by Crippen LogP contribution is -2.57. The number of imidazole rings is 1. The van der Waals surface area contributed by atoms with E-state index in [1.807, 2.05) is 23.2 Å². The van der Waals surface area contributed by atoms with E-state index in [0.29, 0.717) is 39.1 Å². The van der Waals surface area contributed by atoms with E-state index in [1.165, 1.54) is 7.11 Å². The van der Waals surface area contributed by atoms with Crippen LogP contribution < -0.4 is 4.90 Å². The summed E-state index contributed by atoms with van der Waals surface area (Å²) >= 11 is 0. The number of piperazine rings is 1. The molecule has 4 rings (SSSR count). The molecule has 2 aromatic rings. The molecule has 2 amide bonds. The van der Waals surface area contributed by atoms with Gasteiger partial charge in [0.05, 0.1) is 7.11 Å². The third-order valence-corrected chi connectivity index (χ3v) is 5.35. The van der Waals surface area contributed by atoms with Crippen LogP contribution in [0.15, 0.2) is 24.5 Å². The number of rotatable bonds is 2. The van der Waals surface area contributed by atoms with Crippen LogP contribution in [0.1, 0.15) is 19.3 Å². The van der Waals surface area contributed by atoms with Gasteiger partial charge in [0, 0.05) is 45.1 Å². The van der Waals surface area contributed by atoms with Gasteiger partial charge in [0.1, 0.15) is 11.9 Å². The normalized spacial score (nSPS) is 20.8. The topological polar surface area (TPSA) is 83.3 Å². The van der Waals surface area contributed by atoms with Gasteiger partial charge in [-0.1, -0.05) is 0 Å². The van der Waals surface area contributed by atoms with Crippen molar-refractivity contribution >= 4 is 23.5 Å². The fourth-order valence-electron chi connectivity index (χ4n) is 3.86. The third kappa shape index (κ3) is 3.41. The van der Waals surface area contributed by atoms with E-state index in [-0.39, 0.29) is 5.91 Å². The second-order valence-corrected chi connectivity index (χ2v) is 6.91. The molecule has 2 aliphatic rings. The zero-order valence-electron chi connectivity index (χ0n) is 15.5. The monoisotopic (exact) mass is 372 g/mol. The fourth-order valence-corrected chi connectivity index (χ4v) is 3.86. The van der Waals surface area contributed by atoms with Gasteiger partial charge in [-0.2, -0.15) is 0 Å². The number of nitrogens with zero attached hydrogens (tertiary/aromatic N) is 6. The van der Waals surface area contributed by atoms with Crippen molar-refractivity contribution < 1.29 is 14.3 Å². The minimum atomic E-state index is -0.412. The number of hydrogen-bond donors (Lipinski definition) is 0. The van der Waals surface area contributed by atoms with Crippen LogP contribution in [0, 0.1) is 0 Å². The van der Waals surface area contributed by atoms with Crippen molar-refractivity contribution in [1.29, 1.82) is 0 Å². The van der Waals surface area contributed by atoms with Crippen molar-refractivity contribution in [2.75, 3.05) is 44.7 Å². The number of amides is 2. The number of methoxy groups -OCH3 is 1. The zero-order chi connectivity index (χ0) is 18.8. The Hall–Kier alpha value is -2.84. The molecule has 0 saturated carbocycles. The van der Waals surface area contributed by atoms with Crippen LogP contribution in [-0.4, -0.2) is 82.3 Å². The first-order chi connectivity index (χ1) is 13.2. The van der Waals surface area contributed by atoms with Gasteiger partial charge < -0.3 is 14.5 Å². The predicted octanol–water partition coefficient (Wildman–Crippen LogP) is 0.999. The number of carbonyl (C=O) groups is 2. The summed E-state index contributed by atoms with van der Waals surface area (Å²) in [7, 11) is 1.36. The molecule has 2 saturated heterocycles.